The smallest absolute Gasteiger partial charge is 0.345 e. The van der Waals surface area contributed by atoms with Crippen LogP contribution in [0.2, 0.25) is 0 Å². The molecule has 2 aliphatic rings. The first-order chi connectivity index (χ1) is 16.1. The van der Waals surface area contributed by atoms with Gasteiger partial charge in [-0.3, -0.25) is 13.9 Å². The molecule has 5 rings (SSSR count). The number of rotatable bonds is 5. The number of nitrogens with one attached hydrogen (secondary N) is 1. The molecule has 3 aromatic rings. The van der Waals surface area contributed by atoms with Crippen molar-refractivity contribution >= 4 is 30.5 Å². The van der Waals surface area contributed by atoms with Crippen molar-refractivity contribution < 1.29 is 33.4 Å². The molecule has 178 valence electrons. The Hall–Kier alpha value is -2.99. The quantitative estimate of drug-likeness (QED) is 0.456. The summed E-state index contributed by atoms with van der Waals surface area (Å²) < 4.78 is 31.0. The average Bonchev–Trinajstić information content (AvgIpc) is 3.43. The van der Waals surface area contributed by atoms with Crippen LogP contribution in [0.3, 0.4) is 0 Å². The van der Waals surface area contributed by atoms with Crippen molar-refractivity contribution in [3.63, 3.8) is 0 Å². The normalized spacial score (nSPS) is 26.2. The summed E-state index contributed by atoms with van der Waals surface area (Å²) in [4.78, 5) is 43.9. The molecule has 2 aliphatic heterocycles. The first-order valence-corrected chi connectivity index (χ1v) is 12.1. The number of fused-ring (bicyclic) bond motifs is 2. The maximum Gasteiger partial charge on any atom is 0.348 e. The number of anilines is 1. The number of carbonyl (C=O) groups excluding carboxylic acids is 1. The van der Waals surface area contributed by atoms with Crippen LogP contribution in [-0.4, -0.2) is 59.3 Å². The fourth-order valence-electron chi connectivity index (χ4n) is 4.08. The molecule has 0 aliphatic carbocycles. The molecule has 1 amide bonds. The first-order valence-electron chi connectivity index (χ1n) is 10.4. The SMILES string of the molecule is CC1(C)O[C@@H]2[C@H](O1)[C@@H](C=CP(=O)(O)O)O[C@H]2n1cnc2c(NC(=O)c3ccccc3)ncnc21. The van der Waals surface area contributed by atoms with E-state index in [1.165, 1.54) is 18.7 Å². The zero-order valence-electron chi connectivity index (χ0n) is 18.2. The van der Waals surface area contributed by atoms with Crippen molar-refractivity contribution in [1.82, 2.24) is 19.5 Å². The third-order valence-corrected chi connectivity index (χ3v) is 6.00. The van der Waals surface area contributed by atoms with E-state index in [2.05, 4.69) is 20.3 Å². The van der Waals surface area contributed by atoms with Gasteiger partial charge in [0, 0.05) is 11.4 Å². The highest BCUT2D eigenvalue weighted by molar-refractivity contribution is 7.55. The summed E-state index contributed by atoms with van der Waals surface area (Å²) in [6, 6.07) is 8.70. The van der Waals surface area contributed by atoms with Crippen LogP contribution in [0.25, 0.3) is 11.2 Å². The van der Waals surface area contributed by atoms with E-state index in [9.17, 15) is 19.1 Å². The lowest BCUT2D eigenvalue weighted by molar-refractivity contribution is -0.191. The van der Waals surface area contributed by atoms with Crippen LogP contribution < -0.4 is 5.32 Å². The maximum absolute atomic E-state index is 12.6. The summed E-state index contributed by atoms with van der Waals surface area (Å²) >= 11 is 0. The number of amides is 1. The minimum atomic E-state index is -4.39. The van der Waals surface area contributed by atoms with E-state index in [1.807, 2.05) is 6.07 Å². The highest BCUT2D eigenvalue weighted by Crippen LogP contribution is 2.45. The largest absolute Gasteiger partial charge is 0.348 e. The zero-order chi connectivity index (χ0) is 24.1. The number of hydrogen-bond donors (Lipinski definition) is 3. The number of imidazole rings is 1. The Morgan fingerprint density at radius 3 is 2.62 bits per heavy atom. The van der Waals surface area contributed by atoms with Gasteiger partial charge in [0.2, 0.25) is 0 Å². The standard InChI is InChI=1S/C21H22N5O7P/c1-21(2)32-15-13(8-9-34(28,29)30)31-20(16(15)33-21)26-11-24-14-17(22-10-23-18(14)26)25-19(27)12-6-4-3-5-7-12/h3-11,13,15-16,20H,1-2H3,(H2,28,29,30)(H,22,23,25,27)/t13-,15-,16-,20-/m1/s1. The van der Waals surface area contributed by atoms with Gasteiger partial charge in [-0.2, -0.15) is 0 Å². The Kier molecular flexibility index (Phi) is 5.59. The van der Waals surface area contributed by atoms with Gasteiger partial charge in [0.05, 0.1) is 6.33 Å². The van der Waals surface area contributed by atoms with Gasteiger partial charge in [-0.25, -0.2) is 15.0 Å². The predicted octanol–water partition coefficient (Wildman–Crippen LogP) is 2.19. The van der Waals surface area contributed by atoms with E-state index >= 15 is 0 Å². The maximum atomic E-state index is 12.6. The third-order valence-electron chi connectivity index (χ3n) is 5.44. The van der Waals surface area contributed by atoms with E-state index in [1.54, 1.807) is 42.7 Å². The highest BCUT2D eigenvalue weighted by atomic mass is 31.2. The van der Waals surface area contributed by atoms with Crippen molar-refractivity contribution in [2.24, 2.45) is 0 Å². The molecule has 3 N–H and O–H groups in total. The monoisotopic (exact) mass is 487 g/mol. The Balaban J connectivity index is 1.47. The highest BCUT2D eigenvalue weighted by Gasteiger charge is 2.55. The van der Waals surface area contributed by atoms with Crippen molar-refractivity contribution in [2.75, 3.05) is 5.32 Å². The lowest BCUT2D eigenvalue weighted by Gasteiger charge is -2.24. The average molecular weight is 487 g/mol. The van der Waals surface area contributed by atoms with Gasteiger partial charge in [-0.05, 0) is 32.1 Å². The molecule has 2 saturated heterocycles. The Morgan fingerprint density at radius 1 is 1.15 bits per heavy atom. The number of aromatic nitrogens is 4. The summed E-state index contributed by atoms with van der Waals surface area (Å²) in [6.07, 6.45) is 1.33. The third kappa shape index (κ3) is 4.39. The van der Waals surface area contributed by atoms with Crippen molar-refractivity contribution in [2.45, 2.75) is 44.2 Å². The summed E-state index contributed by atoms with van der Waals surface area (Å²) in [5.41, 5.74) is 1.20. The topological polar surface area (TPSA) is 158 Å². The molecule has 0 bridgehead atoms. The van der Waals surface area contributed by atoms with E-state index < -0.39 is 37.9 Å². The van der Waals surface area contributed by atoms with Crippen LogP contribution >= 0.6 is 7.60 Å². The fourth-order valence-corrected chi connectivity index (χ4v) is 4.48. The fraction of sp³-hybridized carbons (Fsp3) is 0.333. The summed E-state index contributed by atoms with van der Waals surface area (Å²) in [7, 11) is -4.39. The van der Waals surface area contributed by atoms with Crippen LogP contribution in [0, 0.1) is 0 Å². The summed E-state index contributed by atoms with van der Waals surface area (Å²) in [6.45, 7) is 3.50. The lowest BCUT2D eigenvalue weighted by Crippen LogP contribution is -2.28. The molecule has 0 spiro atoms. The Morgan fingerprint density at radius 2 is 1.88 bits per heavy atom. The van der Waals surface area contributed by atoms with Gasteiger partial charge in [0.1, 0.15) is 24.6 Å². The summed E-state index contributed by atoms with van der Waals surface area (Å²) in [5.74, 6) is -0.249. The molecule has 0 saturated carbocycles. The van der Waals surface area contributed by atoms with Crippen molar-refractivity contribution in [3.8, 4) is 0 Å². The second kappa shape index (κ2) is 8.35. The number of hydrogen-bond acceptors (Lipinski definition) is 8. The molecule has 1 aromatic carbocycles. The Bertz CT molecular complexity index is 1310. The van der Waals surface area contributed by atoms with Gasteiger partial charge in [-0.1, -0.05) is 18.2 Å². The van der Waals surface area contributed by atoms with Crippen LogP contribution in [0.4, 0.5) is 5.82 Å². The molecule has 4 heterocycles. The molecule has 13 heteroatoms. The second-order valence-electron chi connectivity index (χ2n) is 8.35. The predicted molar refractivity (Wildman–Crippen MR) is 119 cm³/mol. The van der Waals surface area contributed by atoms with Crippen molar-refractivity contribution in [1.29, 1.82) is 0 Å². The van der Waals surface area contributed by atoms with Gasteiger partial charge >= 0.3 is 7.60 Å². The van der Waals surface area contributed by atoms with Crippen LogP contribution in [-0.2, 0) is 18.8 Å². The molecule has 12 nitrogen and oxygen atoms in total. The molecule has 2 aromatic heterocycles. The van der Waals surface area contributed by atoms with Gasteiger partial charge in [0.25, 0.3) is 5.91 Å². The van der Waals surface area contributed by atoms with Gasteiger partial charge in [0.15, 0.2) is 29.0 Å². The van der Waals surface area contributed by atoms with E-state index in [0.29, 0.717) is 16.7 Å². The van der Waals surface area contributed by atoms with E-state index in [4.69, 9.17) is 14.2 Å². The molecule has 0 unspecified atom stereocenters. The van der Waals surface area contributed by atoms with Crippen LogP contribution in [0.15, 0.2) is 54.9 Å². The summed E-state index contributed by atoms with van der Waals surface area (Å²) in [5, 5.41) is 2.75. The van der Waals surface area contributed by atoms with E-state index in [-0.39, 0.29) is 11.7 Å². The number of ether oxygens (including phenoxy) is 3. The van der Waals surface area contributed by atoms with Crippen molar-refractivity contribution in [3.05, 3.63) is 60.4 Å². The molecule has 2 fully saturated rings. The number of benzene rings is 1. The van der Waals surface area contributed by atoms with Gasteiger partial charge < -0.3 is 29.3 Å². The minimum Gasteiger partial charge on any atom is -0.345 e. The number of carbonyl (C=O) groups is 1. The Labute approximate surface area is 193 Å². The van der Waals surface area contributed by atoms with Crippen LogP contribution in [0.5, 0.6) is 0 Å². The van der Waals surface area contributed by atoms with Gasteiger partial charge in [-0.15, -0.1) is 0 Å². The molecular weight excluding hydrogens is 465 g/mol. The number of nitrogens with zero attached hydrogens (tertiary/aromatic N) is 4. The molecular formula is C21H22N5O7P. The van der Waals surface area contributed by atoms with Crippen LogP contribution in [0.1, 0.15) is 30.4 Å². The minimum absolute atomic E-state index is 0.231. The lowest BCUT2D eigenvalue weighted by atomic mass is 10.1. The first kappa shape index (κ1) is 22.8. The molecule has 0 radical (unpaired) electrons. The molecule has 4 atom stereocenters. The molecule has 34 heavy (non-hydrogen) atoms. The van der Waals surface area contributed by atoms with E-state index in [0.717, 1.165) is 5.82 Å². The zero-order valence-corrected chi connectivity index (χ0v) is 19.1. The second-order valence-corrected chi connectivity index (χ2v) is 9.83.